The molecule has 174 valence electrons. The quantitative estimate of drug-likeness (QED) is 0.383. The predicted molar refractivity (Wildman–Crippen MR) is 138 cm³/mol. The number of aliphatic hydroxyl groups is 1. The SMILES string of the molecule is Cc1ccc(-c2nc3c(nc2-c2ccc(C)cc2)N(CCCCCCCO)C(C)CC3)cc1. The van der Waals surface area contributed by atoms with Crippen LogP contribution in [0.1, 0.15) is 62.3 Å². The molecular weight excluding hydrogens is 406 g/mol. The molecule has 0 bridgehead atoms. The van der Waals surface area contributed by atoms with E-state index in [1.54, 1.807) is 0 Å². The lowest BCUT2D eigenvalue weighted by molar-refractivity contribution is 0.282. The van der Waals surface area contributed by atoms with E-state index in [2.05, 4.69) is 74.2 Å². The van der Waals surface area contributed by atoms with Crippen LogP contribution in [0.5, 0.6) is 0 Å². The van der Waals surface area contributed by atoms with Crippen LogP contribution in [0.2, 0.25) is 0 Å². The number of fused-ring (bicyclic) bond motifs is 1. The third-order valence-electron chi connectivity index (χ3n) is 6.76. The van der Waals surface area contributed by atoms with E-state index in [4.69, 9.17) is 15.1 Å². The fourth-order valence-electron chi connectivity index (χ4n) is 4.65. The highest BCUT2D eigenvalue weighted by Gasteiger charge is 2.27. The second kappa shape index (κ2) is 10.9. The molecule has 0 radical (unpaired) electrons. The average Bonchev–Trinajstić information content (AvgIpc) is 2.83. The largest absolute Gasteiger partial charge is 0.396 e. The molecular formula is C29H37N3O. The van der Waals surface area contributed by atoms with Crippen molar-refractivity contribution in [3.05, 3.63) is 65.4 Å². The predicted octanol–water partition coefficient (Wildman–Crippen LogP) is 6.51. The molecule has 0 aliphatic carbocycles. The molecule has 3 aromatic rings. The maximum atomic E-state index is 9.00. The van der Waals surface area contributed by atoms with Gasteiger partial charge in [0.15, 0.2) is 5.82 Å². The summed E-state index contributed by atoms with van der Waals surface area (Å²) in [6, 6.07) is 17.8. The number of aryl methyl sites for hydroxylation is 3. The van der Waals surface area contributed by atoms with Crippen LogP contribution in [0, 0.1) is 13.8 Å². The summed E-state index contributed by atoms with van der Waals surface area (Å²) in [6.07, 6.45) is 7.64. The highest BCUT2D eigenvalue weighted by atomic mass is 16.2. The monoisotopic (exact) mass is 443 g/mol. The van der Waals surface area contributed by atoms with Gasteiger partial charge in [-0.2, -0.15) is 0 Å². The topological polar surface area (TPSA) is 49.2 Å². The number of rotatable bonds is 9. The molecule has 1 aliphatic rings. The zero-order valence-electron chi connectivity index (χ0n) is 20.3. The Hall–Kier alpha value is -2.72. The van der Waals surface area contributed by atoms with E-state index in [0.29, 0.717) is 12.6 Å². The highest BCUT2D eigenvalue weighted by molar-refractivity contribution is 5.80. The minimum absolute atomic E-state index is 0.303. The van der Waals surface area contributed by atoms with Gasteiger partial charge >= 0.3 is 0 Å². The molecule has 1 atom stereocenters. The van der Waals surface area contributed by atoms with E-state index in [1.807, 2.05) is 0 Å². The summed E-state index contributed by atoms with van der Waals surface area (Å²) in [6.45, 7) is 7.87. The number of anilines is 1. The van der Waals surface area contributed by atoms with Crippen molar-refractivity contribution < 1.29 is 5.11 Å². The minimum atomic E-state index is 0.303. The standard InChI is InChI=1S/C29H37N3O/c1-21-9-14-24(15-10-21)27-28(25-16-11-22(2)12-17-25)31-29-26(30-27)18-13-23(3)32(29)19-7-5-4-6-8-20-33/h9-12,14-17,23,33H,4-8,13,18-20H2,1-3H3. The van der Waals surface area contributed by atoms with Gasteiger partial charge in [0.1, 0.15) is 0 Å². The van der Waals surface area contributed by atoms with E-state index in [9.17, 15) is 0 Å². The van der Waals surface area contributed by atoms with Crippen molar-refractivity contribution in [3.8, 4) is 22.5 Å². The summed E-state index contributed by atoms with van der Waals surface area (Å²) >= 11 is 0. The molecule has 0 saturated carbocycles. The van der Waals surface area contributed by atoms with E-state index >= 15 is 0 Å². The molecule has 0 saturated heterocycles. The van der Waals surface area contributed by atoms with Gasteiger partial charge in [0.05, 0.1) is 17.1 Å². The van der Waals surface area contributed by atoms with Gasteiger partial charge in [-0.15, -0.1) is 0 Å². The van der Waals surface area contributed by atoms with E-state index in [1.165, 1.54) is 24.0 Å². The Morgan fingerprint density at radius 1 is 0.788 bits per heavy atom. The first-order valence-corrected chi connectivity index (χ1v) is 12.5. The molecule has 0 amide bonds. The van der Waals surface area contributed by atoms with Gasteiger partial charge < -0.3 is 10.0 Å². The Morgan fingerprint density at radius 3 is 1.94 bits per heavy atom. The molecule has 4 rings (SSSR count). The summed E-state index contributed by atoms with van der Waals surface area (Å²) < 4.78 is 0. The normalized spacial score (nSPS) is 15.5. The number of unbranched alkanes of at least 4 members (excludes halogenated alkanes) is 4. The number of aliphatic hydroxyl groups excluding tert-OH is 1. The number of aromatic nitrogens is 2. The maximum Gasteiger partial charge on any atom is 0.151 e. The summed E-state index contributed by atoms with van der Waals surface area (Å²) in [5.74, 6) is 1.07. The number of benzene rings is 2. The van der Waals surface area contributed by atoms with Crippen LogP contribution in [0.25, 0.3) is 22.5 Å². The molecule has 33 heavy (non-hydrogen) atoms. The summed E-state index contributed by atoms with van der Waals surface area (Å²) in [7, 11) is 0. The van der Waals surface area contributed by atoms with Gasteiger partial charge in [0.25, 0.3) is 0 Å². The molecule has 4 heteroatoms. The van der Waals surface area contributed by atoms with Crippen molar-refractivity contribution in [2.75, 3.05) is 18.1 Å². The molecule has 1 unspecified atom stereocenters. The van der Waals surface area contributed by atoms with Crippen molar-refractivity contribution in [1.29, 1.82) is 0 Å². The maximum absolute atomic E-state index is 9.00. The molecule has 0 spiro atoms. The Morgan fingerprint density at radius 2 is 1.33 bits per heavy atom. The molecule has 4 nitrogen and oxygen atoms in total. The smallest absolute Gasteiger partial charge is 0.151 e. The van der Waals surface area contributed by atoms with Crippen molar-refractivity contribution in [2.24, 2.45) is 0 Å². The van der Waals surface area contributed by atoms with Crippen LogP contribution in [0.15, 0.2) is 48.5 Å². The van der Waals surface area contributed by atoms with E-state index in [0.717, 1.165) is 72.7 Å². The molecule has 1 N–H and O–H groups in total. The number of hydrogen-bond acceptors (Lipinski definition) is 4. The van der Waals surface area contributed by atoms with Gasteiger partial charge in [-0.3, -0.25) is 0 Å². The van der Waals surface area contributed by atoms with E-state index < -0.39 is 0 Å². The number of hydrogen-bond donors (Lipinski definition) is 1. The number of nitrogens with zero attached hydrogens (tertiary/aromatic N) is 3. The Labute approximate surface area is 198 Å². The third-order valence-corrected chi connectivity index (χ3v) is 6.76. The van der Waals surface area contributed by atoms with Crippen molar-refractivity contribution in [2.45, 2.75) is 71.8 Å². The molecule has 2 aromatic carbocycles. The summed E-state index contributed by atoms with van der Waals surface area (Å²) in [4.78, 5) is 13.0. The fraction of sp³-hybridized carbons (Fsp3) is 0.448. The lowest BCUT2D eigenvalue weighted by Crippen LogP contribution is -2.39. The second-order valence-corrected chi connectivity index (χ2v) is 9.50. The summed E-state index contributed by atoms with van der Waals surface area (Å²) in [5, 5.41) is 9.00. The average molecular weight is 444 g/mol. The molecule has 0 fully saturated rings. The minimum Gasteiger partial charge on any atom is -0.396 e. The lowest BCUT2D eigenvalue weighted by atomic mass is 9.99. The first-order valence-electron chi connectivity index (χ1n) is 12.5. The van der Waals surface area contributed by atoms with Crippen molar-refractivity contribution in [3.63, 3.8) is 0 Å². The zero-order chi connectivity index (χ0) is 23.2. The zero-order valence-corrected chi connectivity index (χ0v) is 20.3. The second-order valence-electron chi connectivity index (χ2n) is 9.50. The Kier molecular flexibility index (Phi) is 7.77. The van der Waals surface area contributed by atoms with Crippen LogP contribution in [-0.4, -0.2) is 34.3 Å². The fourth-order valence-corrected chi connectivity index (χ4v) is 4.65. The van der Waals surface area contributed by atoms with Gasteiger partial charge in [-0.1, -0.05) is 78.9 Å². The van der Waals surface area contributed by atoms with Crippen molar-refractivity contribution >= 4 is 5.82 Å². The first kappa shape index (κ1) is 23.4. The lowest BCUT2D eigenvalue weighted by Gasteiger charge is -2.36. The molecule has 2 heterocycles. The van der Waals surface area contributed by atoms with Gasteiger partial charge in [0.2, 0.25) is 0 Å². The van der Waals surface area contributed by atoms with Crippen molar-refractivity contribution in [1.82, 2.24) is 9.97 Å². The van der Waals surface area contributed by atoms with Gasteiger partial charge in [-0.25, -0.2) is 9.97 Å². The van der Waals surface area contributed by atoms with Crippen LogP contribution in [0.3, 0.4) is 0 Å². The Bertz CT molecular complexity index is 1040. The van der Waals surface area contributed by atoms with Gasteiger partial charge in [-0.05, 0) is 46.5 Å². The Balaban J connectivity index is 1.69. The summed E-state index contributed by atoms with van der Waals surface area (Å²) in [5.41, 5.74) is 7.82. The molecule has 1 aliphatic heterocycles. The van der Waals surface area contributed by atoms with Crippen LogP contribution >= 0.6 is 0 Å². The van der Waals surface area contributed by atoms with Crippen LogP contribution in [0.4, 0.5) is 5.82 Å². The van der Waals surface area contributed by atoms with Gasteiger partial charge in [0, 0.05) is 30.3 Å². The van der Waals surface area contributed by atoms with Crippen LogP contribution in [-0.2, 0) is 6.42 Å². The first-order chi connectivity index (χ1) is 16.1. The molecule has 1 aromatic heterocycles. The van der Waals surface area contributed by atoms with Crippen LogP contribution < -0.4 is 4.90 Å². The van der Waals surface area contributed by atoms with E-state index in [-0.39, 0.29) is 0 Å². The third kappa shape index (κ3) is 5.62. The highest BCUT2D eigenvalue weighted by Crippen LogP contribution is 2.36.